The van der Waals surface area contributed by atoms with Crippen LogP contribution in [0, 0.1) is 22.7 Å². The molecule has 0 fully saturated rings. The molecule has 0 aliphatic rings. The first-order valence-corrected chi connectivity index (χ1v) is 7.24. The van der Waals surface area contributed by atoms with Crippen LogP contribution in [0.4, 0.5) is 0 Å². The van der Waals surface area contributed by atoms with Gasteiger partial charge in [0, 0.05) is 30.5 Å². The third-order valence-corrected chi connectivity index (χ3v) is 3.60. The van der Waals surface area contributed by atoms with Crippen LogP contribution in [0.5, 0.6) is 0 Å². The highest BCUT2D eigenvalue weighted by Gasteiger charge is 2.03. The summed E-state index contributed by atoms with van der Waals surface area (Å²) in [6.45, 7) is 0.692. The van der Waals surface area contributed by atoms with Crippen LogP contribution in [0.25, 0.3) is 0 Å². The molecular weight excluding hydrogens is 266 g/mol. The molecular formula is C11H13N5S2. The van der Waals surface area contributed by atoms with Gasteiger partial charge in [0.05, 0.1) is 5.69 Å². The van der Waals surface area contributed by atoms with E-state index in [-0.39, 0.29) is 5.57 Å². The van der Waals surface area contributed by atoms with Crippen molar-refractivity contribution < 1.29 is 0 Å². The highest BCUT2D eigenvalue weighted by atomic mass is 32.2. The van der Waals surface area contributed by atoms with E-state index in [1.807, 2.05) is 23.6 Å². The van der Waals surface area contributed by atoms with Crippen molar-refractivity contribution in [2.45, 2.75) is 5.75 Å². The zero-order valence-corrected chi connectivity index (χ0v) is 11.6. The summed E-state index contributed by atoms with van der Waals surface area (Å²) < 4.78 is 4.21. The molecule has 94 valence electrons. The average molecular weight is 279 g/mol. The van der Waals surface area contributed by atoms with Crippen molar-refractivity contribution in [3.8, 4) is 12.1 Å². The van der Waals surface area contributed by atoms with E-state index < -0.39 is 0 Å². The van der Waals surface area contributed by atoms with Crippen molar-refractivity contribution in [3.05, 3.63) is 28.5 Å². The highest BCUT2D eigenvalue weighted by molar-refractivity contribution is 7.98. The Labute approximate surface area is 115 Å². The van der Waals surface area contributed by atoms with Crippen molar-refractivity contribution in [2.24, 2.45) is 0 Å². The summed E-state index contributed by atoms with van der Waals surface area (Å²) in [5, 5.41) is 25.3. The number of hydrogen-bond donors (Lipinski definition) is 2. The molecule has 2 N–H and O–H groups in total. The van der Waals surface area contributed by atoms with Gasteiger partial charge in [-0.2, -0.15) is 26.7 Å². The van der Waals surface area contributed by atoms with Gasteiger partial charge in [-0.3, -0.25) is 0 Å². The minimum Gasteiger partial charge on any atom is -0.373 e. The molecule has 0 amide bonds. The Kier molecular flexibility index (Phi) is 6.70. The average Bonchev–Trinajstić information content (AvgIpc) is 2.90. The Morgan fingerprint density at radius 2 is 2.28 bits per heavy atom. The van der Waals surface area contributed by atoms with Crippen LogP contribution in [0.2, 0.25) is 0 Å². The number of nitriles is 2. The first-order valence-electron chi connectivity index (χ1n) is 5.25. The molecule has 0 unspecified atom stereocenters. The molecule has 7 heteroatoms. The minimum atomic E-state index is 0.0713. The molecule has 0 aromatic carbocycles. The summed E-state index contributed by atoms with van der Waals surface area (Å²) in [4.78, 5) is 0. The summed E-state index contributed by atoms with van der Waals surface area (Å²) in [6.07, 6.45) is 0. The van der Waals surface area contributed by atoms with Gasteiger partial charge in [0.2, 0.25) is 0 Å². The van der Waals surface area contributed by atoms with Gasteiger partial charge in [0.25, 0.3) is 0 Å². The van der Waals surface area contributed by atoms with Crippen LogP contribution in [-0.4, -0.2) is 23.7 Å². The lowest BCUT2D eigenvalue weighted by Gasteiger charge is -2.09. The molecule has 1 aromatic heterocycles. The van der Waals surface area contributed by atoms with Crippen LogP contribution in [-0.2, 0) is 5.75 Å². The summed E-state index contributed by atoms with van der Waals surface area (Å²) in [6, 6.07) is 5.70. The van der Waals surface area contributed by atoms with E-state index in [0.717, 1.165) is 17.2 Å². The third-order valence-electron chi connectivity index (χ3n) is 2.01. The lowest BCUT2D eigenvalue weighted by Crippen LogP contribution is -2.27. The van der Waals surface area contributed by atoms with Gasteiger partial charge in [-0.05, 0) is 17.6 Å². The molecule has 1 heterocycles. The number of hydrogen-bond acceptors (Lipinski definition) is 7. The Bertz CT molecular complexity index is 451. The third kappa shape index (κ3) is 4.66. The summed E-state index contributed by atoms with van der Waals surface area (Å²) >= 11 is 3.21. The molecule has 0 atom stereocenters. The van der Waals surface area contributed by atoms with Gasteiger partial charge in [-0.1, -0.05) is 0 Å². The molecule has 0 radical (unpaired) electrons. The van der Waals surface area contributed by atoms with Crippen molar-refractivity contribution in [1.82, 2.24) is 15.0 Å². The predicted octanol–water partition coefficient (Wildman–Crippen LogP) is 1.44. The van der Waals surface area contributed by atoms with Crippen molar-refractivity contribution in [3.63, 3.8) is 0 Å². The van der Waals surface area contributed by atoms with Gasteiger partial charge < -0.3 is 10.6 Å². The lowest BCUT2D eigenvalue weighted by atomic mass is 10.3. The Morgan fingerprint density at radius 1 is 1.50 bits per heavy atom. The first kappa shape index (κ1) is 14.4. The number of nitrogens with zero attached hydrogens (tertiary/aromatic N) is 3. The van der Waals surface area contributed by atoms with E-state index in [9.17, 15) is 0 Å². The molecule has 0 bridgehead atoms. The van der Waals surface area contributed by atoms with E-state index in [4.69, 9.17) is 10.5 Å². The number of rotatable bonds is 7. The van der Waals surface area contributed by atoms with Crippen LogP contribution < -0.4 is 10.6 Å². The molecule has 0 spiro atoms. The fourth-order valence-electron chi connectivity index (χ4n) is 1.18. The van der Waals surface area contributed by atoms with E-state index >= 15 is 0 Å². The molecule has 1 aromatic rings. The first-order chi connectivity index (χ1) is 8.81. The second kappa shape index (κ2) is 8.40. The summed E-state index contributed by atoms with van der Waals surface area (Å²) in [5.74, 6) is 2.24. The second-order valence-corrected chi connectivity index (χ2v) is 4.96. The van der Waals surface area contributed by atoms with E-state index in [2.05, 4.69) is 15.0 Å². The van der Waals surface area contributed by atoms with Crippen molar-refractivity contribution in [2.75, 3.05) is 19.3 Å². The summed E-state index contributed by atoms with van der Waals surface area (Å²) in [7, 11) is 1.68. The highest BCUT2D eigenvalue weighted by Crippen LogP contribution is 2.10. The van der Waals surface area contributed by atoms with Gasteiger partial charge in [0.15, 0.2) is 5.57 Å². The monoisotopic (exact) mass is 279 g/mol. The Morgan fingerprint density at radius 3 is 2.83 bits per heavy atom. The van der Waals surface area contributed by atoms with Crippen LogP contribution in [0.1, 0.15) is 5.69 Å². The van der Waals surface area contributed by atoms with Crippen LogP contribution >= 0.6 is 23.3 Å². The molecule has 1 rings (SSSR count). The quantitative estimate of drug-likeness (QED) is 0.580. The molecule has 0 saturated heterocycles. The minimum absolute atomic E-state index is 0.0713. The van der Waals surface area contributed by atoms with Gasteiger partial charge in [-0.25, -0.2) is 0 Å². The maximum Gasteiger partial charge on any atom is 0.169 e. The zero-order valence-electron chi connectivity index (χ0n) is 9.93. The SMILES string of the molecule is CNC(NCCSCc1ccsn1)=C(C#N)C#N. The number of aromatic nitrogens is 1. The number of allylic oxidation sites excluding steroid dienone is 1. The maximum atomic E-state index is 8.73. The van der Waals surface area contributed by atoms with Gasteiger partial charge in [-0.15, -0.1) is 0 Å². The normalized spacial score (nSPS) is 9.06. The lowest BCUT2D eigenvalue weighted by molar-refractivity contribution is 0.765. The van der Waals surface area contributed by atoms with Gasteiger partial charge in [0.1, 0.15) is 18.0 Å². The number of thioether (sulfide) groups is 1. The zero-order chi connectivity index (χ0) is 13.2. The van der Waals surface area contributed by atoms with E-state index in [1.165, 1.54) is 11.5 Å². The predicted molar refractivity (Wildman–Crippen MR) is 73.6 cm³/mol. The van der Waals surface area contributed by atoms with Gasteiger partial charge >= 0.3 is 0 Å². The fourth-order valence-corrected chi connectivity index (χ4v) is 2.56. The largest absolute Gasteiger partial charge is 0.373 e. The standard InChI is InChI=1S/C11H13N5S2/c1-14-11(9(6-12)7-13)15-3-5-17-8-10-2-4-18-16-10/h2,4,14-15H,3,5,8H2,1H3. The fraction of sp³-hybridized carbons (Fsp3) is 0.364. The van der Waals surface area contributed by atoms with Crippen LogP contribution in [0.15, 0.2) is 22.8 Å². The molecule has 18 heavy (non-hydrogen) atoms. The Balaban J connectivity index is 2.27. The van der Waals surface area contributed by atoms with E-state index in [0.29, 0.717) is 12.4 Å². The molecule has 5 nitrogen and oxygen atoms in total. The molecule has 0 saturated carbocycles. The molecule has 0 aliphatic carbocycles. The van der Waals surface area contributed by atoms with E-state index in [1.54, 1.807) is 18.8 Å². The summed E-state index contributed by atoms with van der Waals surface area (Å²) in [5.41, 5.74) is 1.16. The maximum absolute atomic E-state index is 8.73. The van der Waals surface area contributed by atoms with Crippen molar-refractivity contribution >= 4 is 23.3 Å². The number of nitrogens with one attached hydrogen (secondary N) is 2. The Hall–Kier alpha value is -1.70. The topological polar surface area (TPSA) is 84.5 Å². The van der Waals surface area contributed by atoms with Crippen LogP contribution in [0.3, 0.4) is 0 Å². The van der Waals surface area contributed by atoms with Crippen molar-refractivity contribution in [1.29, 1.82) is 10.5 Å². The second-order valence-electron chi connectivity index (χ2n) is 3.19. The molecule has 0 aliphatic heterocycles. The smallest absolute Gasteiger partial charge is 0.169 e.